The van der Waals surface area contributed by atoms with Crippen LogP contribution in [0.4, 0.5) is 0 Å². The third-order valence-corrected chi connectivity index (χ3v) is 4.41. The summed E-state index contributed by atoms with van der Waals surface area (Å²) in [5.74, 6) is 0.244. The van der Waals surface area contributed by atoms with Crippen LogP contribution in [0.5, 0.6) is 17.2 Å². The first-order valence-corrected chi connectivity index (χ1v) is 7.12. The monoisotopic (exact) mass is 314 g/mol. The predicted molar refractivity (Wildman–Crippen MR) is 78.9 cm³/mol. The fourth-order valence-corrected chi connectivity index (χ4v) is 3.40. The van der Waals surface area contributed by atoms with Crippen molar-refractivity contribution in [1.82, 2.24) is 0 Å². The zero-order chi connectivity index (χ0) is 15.6. The molecule has 1 aromatic rings. The van der Waals surface area contributed by atoms with Crippen LogP contribution in [0.2, 0.25) is 5.02 Å². The van der Waals surface area contributed by atoms with Crippen LogP contribution in [0.25, 0.3) is 0 Å². The third-order valence-electron chi connectivity index (χ3n) is 4.13. The second kappa shape index (κ2) is 6.02. The van der Waals surface area contributed by atoms with E-state index in [-0.39, 0.29) is 0 Å². The van der Waals surface area contributed by atoms with E-state index < -0.39 is 11.4 Å². The van der Waals surface area contributed by atoms with Crippen LogP contribution in [0.15, 0.2) is 6.07 Å². The van der Waals surface area contributed by atoms with E-state index in [1.807, 2.05) is 0 Å². The number of methoxy groups -OCH3 is 3. The average Bonchev–Trinajstić information content (AvgIpc) is 2.96. The Kier molecular flexibility index (Phi) is 4.52. The average molecular weight is 315 g/mol. The third kappa shape index (κ3) is 2.39. The molecule has 0 aromatic heterocycles. The molecular formula is C15H19ClO5. The first-order valence-electron chi connectivity index (χ1n) is 6.74. The number of carbonyl (C=O) groups is 1. The summed E-state index contributed by atoms with van der Waals surface area (Å²) in [5.41, 5.74) is -0.573. The molecule has 0 heterocycles. The standard InChI is InChI=1S/C15H19ClO5/c1-19-10-8-9(16)12(20-2)11(13(10)21-3)15(14(17)18)6-4-5-7-15/h8H,4-7H2,1-3H3,(H,17,18). The molecule has 1 fully saturated rings. The summed E-state index contributed by atoms with van der Waals surface area (Å²) < 4.78 is 16.1. The minimum atomic E-state index is -1.05. The Balaban J connectivity index is 2.81. The normalized spacial score (nSPS) is 16.6. The van der Waals surface area contributed by atoms with Gasteiger partial charge in [0.05, 0.1) is 31.9 Å². The van der Waals surface area contributed by atoms with Crippen LogP contribution >= 0.6 is 11.6 Å². The number of benzene rings is 1. The van der Waals surface area contributed by atoms with E-state index in [4.69, 9.17) is 25.8 Å². The SMILES string of the molecule is COc1cc(Cl)c(OC)c(C2(C(=O)O)CCCC2)c1OC. The summed E-state index contributed by atoms with van der Waals surface area (Å²) in [6, 6.07) is 1.58. The zero-order valence-corrected chi connectivity index (χ0v) is 13.1. The van der Waals surface area contributed by atoms with Gasteiger partial charge >= 0.3 is 5.97 Å². The Labute approximate surface area is 128 Å². The molecule has 1 aromatic carbocycles. The topological polar surface area (TPSA) is 65.0 Å². The van der Waals surface area contributed by atoms with Gasteiger partial charge in [0, 0.05) is 6.07 Å². The van der Waals surface area contributed by atoms with E-state index in [9.17, 15) is 9.90 Å². The minimum absolute atomic E-state index is 0.317. The van der Waals surface area contributed by atoms with Gasteiger partial charge in [-0.25, -0.2) is 0 Å². The van der Waals surface area contributed by atoms with Crippen LogP contribution in [-0.2, 0) is 10.2 Å². The van der Waals surface area contributed by atoms with Crippen molar-refractivity contribution in [1.29, 1.82) is 0 Å². The highest BCUT2D eigenvalue weighted by atomic mass is 35.5. The first kappa shape index (κ1) is 15.8. The van der Waals surface area contributed by atoms with E-state index >= 15 is 0 Å². The number of hydrogen-bond acceptors (Lipinski definition) is 4. The van der Waals surface area contributed by atoms with Crippen molar-refractivity contribution < 1.29 is 24.1 Å². The second-order valence-corrected chi connectivity index (χ2v) is 5.50. The lowest BCUT2D eigenvalue weighted by Crippen LogP contribution is -2.33. The molecule has 2 rings (SSSR count). The molecule has 0 unspecified atom stereocenters. The fourth-order valence-electron chi connectivity index (χ4n) is 3.13. The largest absolute Gasteiger partial charge is 0.495 e. The molecule has 6 heteroatoms. The molecule has 0 atom stereocenters. The van der Waals surface area contributed by atoms with E-state index in [2.05, 4.69) is 0 Å². The van der Waals surface area contributed by atoms with Crippen LogP contribution in [-0.4, -0.2) is 32.4 Å². The molecule has 0 radical (unpaired) electrons. The van der Waals surface area contributed by atoms with Crippen molar-refractivity contribution in [3.63, 3.8) is 0 Å². The van der Waals surface area contributed by atoms with Gasteiger partial charge in [-0.05, 0) is 12.8 Å². The molecule has 0 aliphatic heterocycles. The molecule has 0 spiro atoms. The predicted octanol–water partition coefficient (Wildman–Crippen LogP) is 3.26. The first-order chi connectivity index (χ1) is 10.0. The smallest absolute Gasteiger partial charge is 0.314 e. The minimum Gasteiger partial charge on any atom is -0.495 e. The van der Waals surface area contributed by atoms with E-state index in [1.165, 1.54) is 21.3 Å². The molecular weight excluding hydrogens is 296 g/mol. The number of ether oxygens (including phenoxy) is 3. The van der Waals surface area contributed by atoms with E-state index in [0.717, 1.165) is 12.8 Å². The van der Waals surface area contributed by atoms with Gasteiger partial charge in [-0.2, -0.15) is 0 Å². The van der Waals surface area contributed by atoms with Crippen molar-refractivity contribution in [3.8, 4) is 17.2 Å². The lowest BCUT2D eigenvalue weighted by atomic mass is 9.77. The number of halogens is 1. The summed E-state index contributed by atoms with van der Waals surface area (Å²) in [5, 5.41) is 10.1. The van der Waals surface area contributed by atoms with Gasteiger partial charge in [0.25, 0.3) is 0 Å². The van der Waals surface area contributed by atoms with Gasteiger partial charge < -0.3 is 19.3 Å². The molecule has 1 aliphatic carbocycles. The van der Waals surface area contributed by atoms with Gasteiger partial charge in [0.2, 0.25) is 0 Å². The summed E-state index contributed by atoms with van der Waals surface area (Å²) in [7, 11) is 4.45. The maximum Gasteiger partial charge on any atom is 0.314 e. The summed E-state index contributed by atoms with van der Waals surface area (Å²) in [6.07, 6.45) is 2.73. The number of rotatable bonds is 5. The molecule has 21 heavy (non-hydrogen) atoms. The van der Waals surface area contributed by atoms with Gasteiger partial charge in [0.1, 0.15) is 11.2 Å². The molecule has 1 N–H and O–H groups in total. The van der Waals surface area contributed by atoms with Crippen LogP contribution in [0, 0.1) is 0 Å². The highest BCUT2D eigenvalue weighted by Gasteiger charge is 2.48. The van der Waals surface area contributed by atoms with Gasteiger partial charge in [-0.15, -0.1) is 0 Å². The lowest BCUT2D eigenvalue weighted by molar-refractivity contribution is -0.143. The highest BCUT2D eigenvalue weighted by Crippen LogP contribution is 2.54. The quantitative estimate of drug-likeness (QED) is 0.903. The zero-order valence-electron chi connectivity index (χ0n) is 12.4. The molecule has 0 saturated heterocycles. The molecule has 0 amide bonds. The molecule has 116 valence electrons. The highest BCUT2D eigenvalue weighted by molar-refractivity contribution is 6.32. The second-order valence-electron chi connectivity index (χ2n) is 5.10. The van der Waals surface area contributed by atoms with Crippen molar-refractivity contribution in [3.05, 3.63) is 16.7 Å². The van der Waals surface area contributed by atoms with E-state index in [0.29, 0.717) is 40.7 Å². The Morgan fingerprint density at radius 3 is 2.14 bits per heavy atom. The molecule has 1 aliphatic rings. The molecule has 1 saturated carbocycles. The van der Waals surface area contributed by atoms with Gasteiger partial charge in [-0.3, -0.25) is 4.79 Å². The number of carboxylic acid groups (broad SMARTS) is 1. The van der Waals surface area contributed by atoms with Crippen molar-refractivity contribution in [2.45, 2.75) is 31.1 Å². The Morgan fingerprint density at radius 1 is 1.14 bits per heavy atom. The maximum absolute atomic E-state index is 12.0. The van der Waals surface area contributed by atoms with Crippen molar-refractivity contribution in [2.24, 2.45) is 0 Å². The van der Waals surface area contributed by atoms with Gasteiger partial charge in [0.15, 0.2) is 11.5 Å². The Bertz CT molecular complexity index is 549. The Morgan fingerprint density at radius 2 is 1.71 bits per heavy atom. The summed E-state index contributed by atoms with van der Waals surface area (Å²) in [4.78, 5) is 12.0. The van der Waals surface area contributed by atoms with E-state index in [1.54, 1.807) is 6.07 Å². The van der Waals surface area contributed by atoms with Crippen molar-refractivity contribution >= 4 is 17.6 Å². The van der Waals surface area contributed by atoms with Gasteiger partial charge in [-0.1, -0.05) is 24.4 Å². The van der Waals surface area contributed by atoms with Crippen LogP contribution < -0.4 is 14.2 Å². The summed E-state index contributed by atoms with van der Waals surface area (Å²) >= 11 is 6.23. The number of hydrogen-bond donors (Lipinski definition) is 1. The van der Waals surface area contributed by atoms with Crippen LogP contribution in [0.1, 0.15) is 31.2 Å². The molecule has 5 nitrogen and oxygen atoms in total. The maximum atomic E-state index is 12.0. The van der Waals surface area contributed by atoms with Crippen molar-refractivity contribution in [2.75, 3.05) is 21.3 Å². The summed E-state index contributed by atoms with van der Waals surface area (Å²) in [6.45, 7) is 0. The van der Waals surface area contributed by atoms with Crippen LogP contribution in [0.3, 0.4) is 0 Å². The number of carboxylic acids is 1. The lowest BCUT2D eigenvalue weighted by Gasteiger charge is -2.29. The fraction of sp³-hybridized carbons (Fsp3) is 0.533. The Hall–Kier alpha value is -1.62. The number of aliphatic carboxylic acids is 1. The molecule has 0 bridgehead atoms.